The van der Waals surface area contributed by atoms with E-state index in [0.717, 1.165) is 5.92 Å². The van der Waals surface area contributed by atoms with Gasteiger partial charge in [0.25, 0.3) is 0 Å². The molecule has 2 bridgehead atoms. The van der Waals surface area contributed by atoms with Gasteiger partial charge in [0.15, 0.2) is 0 Å². The standard InChI is InChI=1S/C13H19NO2/c1-2-12-5-8-3-9(12)13(7-14,6-11(15)16)10(12)4-8/h2,8-10H,1,3-7,14H2,(H,15,16)/t8-,9-,10+,12+,13+. The molecule has 3 aliphatic carbocycles. The van der Waals surface area contributed by atoms with Gasteiger partial charge in [-0.15, -0.1) is 6.58 Å². The normalized spacial score (nSPS) is 52.4. The second-order valence-corrected chi connectivity index (χ2v) is 5.97. The molecule has 0 radical (unpaired) electrons. The lowest BCUT2D eigenvalue weighted by molar-refractivity contribution is -0.178. The van der Waals surface area contributed by atoms with Gasteiger partial charge in [0.2, 0.25) is 0 Å². The Morgan fingerprint density at radius 1 is 1.50 bits per heavy atom. The zero-order valence-electron chi connectivity index (χ0n) is 9.48. The minimum absolute atomic E-state index is 0.118. The van der Waals surface area contributed by atoms with E-state index < -0.39 is 5.97 Å². The molecular formula is C13H19NO2. The molecule has 0 saturated heterocycles. The first-order chi connectivity index (χ1) is 7.59. The summed E-state index contributed by atoms with van der Waals surface area (Å²) >= 11 is 0. The van der Waals surface area contributed by atoms with Crippen molar-refractivity contribution in [3.05, 3.63) is 12.7 Å². The van der Waals surface area contributed by atoms with Crippen LogP contribution in [0.15, 0.2) is 12.7 Å². The number of fused-ring (bicyclic) bond motifs is 1. The molecule has 5 atom stereocenters. The Morgan fingerprint density at radius 2 is 2.12 bits per heavy atom. The second-order valence-electron chi connectivity index (χ2n) is 5.97. The molecule has 3 heteroatoms. The minimum atomic E-state index is -0.696. The Bertz CT molecular complexity index is 349. The average Bonchev–Trinajstić information content (AvgIpc) is 2.77. The van der Waals surface area contributed by atoms with Crippen molar-refractivity contribution in [2.24, 2.45) is 34.3 Å². The molecule has 0 aromatic heterocycles. The Balaban J connectivity index is 1.95. The van der Waals surface area contributed by atoms with Gasteiger partial charge in [-0.2, -0.15) is 0 Å². The Kier molecular flexibility index (Phi) is 1.87. The minimum Gasteiger partial charge on any atom is -0.481 e. The molecule has 0 aromatic rings. The van der Waals surface area contributed by atoms with Crippen LogP contribution < -0.4 is 5.73 Å². The van der Waals surface area contributed by atoms with E-state index >= 15 is 0 Å². The summed E-state index contributed by atoms with van der Waals surface area (Å²) in [5.41, 5.74) is 6.04. The van der Waals surface area contributed by atoms with Gasteiger partial charge in [-0.1, -0.05) is 6.08 Å². The fraction of sp³-hybridized carbons (Fsp3) is 0.769. The van der Waals surface area contributed by atoms with Crippen LogP contribution in [0, 0.1) is 28.6 Å². The smallest absolute Gasteiger partial charge is 0.303 e. The summed E-state index contributed by atoms with van der Waals surface area (Å²) in [7, 11) is 0. The van der Waals surface area contributed by atoms with Gasteiger partial charge in [0.1, 0.15) is 0 Å². The molecule has 0 heterocycles. The van der Waals surface area contributed by atoms with Gasteiger partial charge >= 0.3 is 5.97 Å². The van der Waals surface area contributed by atoms with E-state index in [0.29, 0.717) is 18.4 Å². The third-order valence-electron chi connectivity index (χ3n) is 5.71. The van der Waals surface area contributed by atoms with Crippen molar-refractivity contribution in [3.8, 4) is 0 Å². The monoisotopic (exact) mass is 221 g/mol. The highest BCUT2D eigenvalue weighted by Crippen LogP contribution is 2.80. The van der Waals surface area contributed by atoms with Crippen molar-refractivity contribution in [2.75, 3.05) is 6.54 Å². The van der Waals surface area contributed by atoms with E-state index in [1.807, 2.05) is 0 Å². The Labute approximate surface area is 95.7 Å². The lowest BCUT2D eigenvalue weighted by atomic mass is 9.38. The van der Waals surface area contributed by atoms with E-state index in [1.54, 1.807) is 0 Å². The number of allylic oxidation sites excluding steroid dienone is 1. The van der Waals surface area contributed by atoms with Gasteiger partial charge < -0.3 is 10.8 Å². The molecule has 0 aromatic carbocycles. The van der Waals surface area contributed by atoms with E-state index in [4.69, 9.17) is 10.8 Å². The first-order valence-corrected chi connectivity index (χ1v) is 6.14. The zero-order chi connectivity index (χ0) is 11.6. The maximum absolute atomic E-state index is 11.0. The molecule has 0 aliphatic heterocycles. The third-order valence-corrected chi connectivity index (χ3v) is 5.71. The Hall–Kier alpha value is -0.830. The van der Waals surface area contributed by atoms with Crippen molar-refractivity contribution in [1.29, 1.82) is 0 Å². The first-order valence-electron chi connectivity index (χ1n) is 6.14. The molecule has 3 saturated carbocycles. The molecule has 3 rings (SSSR count). The van der Waals surface area contributed by atoms with Gasteiger partial charge in [0, 0.05) is 5.41 Å². The number of aliphatic carboxylic acids is 1. The molecule has 3 aliphatic rings. The summed E-state index contributed by atoms with van der Waals surface area (Å²) in [6, 6.07) is 0. The van der Waals surface area contributed by atoms with E-state index in [9.17, 15) is 4.79 Å². The summed E-state index contributed by atoms with van der Waals surface area (Å²) in [5, 5.41) is 9.08. The number of rotatable bonds is 4. The molecule has 3 nitrogen and oxygen atoms in total. The first kappa shape index (κ1) is 10.3. The number of carboxylic acids is 1. The van der Waals surface area contributed by atoms with Crippen molar-refractivity contribution >= 4 is 5.97 Å². The largest absolute Gasteiger partial charge is 0.481 e. The Morgan fingerprint density at radius 3 is 2.56 bits per heavy atom. The van der Waals surface area contributed by atoms with E-state index in [2.05, 4.69) is 12.7 Å². The summed E-state index contributed by atoms with van der Waals surface area (Å²) < 4.78 is 0. The summed E-state index contributed by atoms with van der Waals surface area (Å²) in [6.07, 6.45) is 5.93. The van der Waals surface area contributed by atoms with Crippen LogP contribution in [0.2, 0.25) is 0 Å². The molecule has 3 fully saturated rings. The second kappa shape index (κ2) is 2.89. The SMILES string of the molecule is C=C[C@]12C[C@@H]3C[C@H]1[C@@](CN)(CC(=O)O)[C@H]2C3. The van der Waals surface area contributed by atoms with Crippen molar-refractivity contribution in [3.63, 3.8) is 0 Å². The predicted octanol–water partition coefficient (Wildman–Crippen LogP) is 1.64. The number of hydrogen-bond acceptors (Lipinski definition) is 2. The number of carbonyl (C=O) groups is 1. The van der Waals surface area contributed by atoms with Crippen molar-refractivity contribution in [1.82, 2.24) is 0 Å². The maximum Gasteiger partial charge on any atom is 0.303 e. The molecule has 0 amide bonds. The van der Waals surface area contributed by atoms with Gasteiger partial charge in [0.05, 0.1) is 6.42 Å². The predicted molar refractivity (Wildman–Crippen MR) is 60.7 cm³/mol. The molecular weight excluding hydrogens is 202 g/mol. The van der Waals surface area contributed by atoms with E-state index in [1.165, 1.54) is 19.3 Å². The summed E-state index contributed by atoms with van der Waals surface area (Å²) in [5.74, 6) is 1.09. The zero-order valence-corrected chi connectivity index (χ0v) is 9.48. The molecule has 3 N–H and O–H groups in total. The number of carboxylic acid groups (broad SMARTS) is 1. The lowest BCUT2D eigenvalue weighted by Crippen LogP contribution is -2.65. The van der Waals surface area contributed by atoms with Crippen LogP contribution in [0.1, 0.15) is 25.7 Å². The van der Waals surface area contributed by atoms with Crippen LogP contribution in [0.4, 0.5) is 0 Å². The number of nitrogens with two attached hydrogens (primary N) is 1. The lowest BCUT2D eigenvalue weighted by Gasteiger charge is -2.66. The average molecular weight is 221 g/mol. The summed E-state index contributed by atoms with van der Waals surface area (Å²) in [6.45, 7) is 4.51. The van der Waals surface area contributed by atoms with Crippen LogP contribution in [0.5, 0.6) is 0 Å². The highest BCUT2D eigenvalue weighted by molar-refractivity contribution is 5.68. The van der Waals surface area contributed by atoms with Crippen LogP contribution in [-0.2, 0) is 4.79 Å². The van der Waals surface area contributed by atoms with Gasteiger partial charge in [-0.05, 0) is 49.0 Å². The quantitative estimate of drug-likeness (QED) is 0.709. The topological polar surface area (TPSA) is 63.3 Å². The summed E-state index contributed by atoms with van der Waals surface area (Å²) in [4.78, 5) is 11.0. The third kappa shape index (κ3) is 0.877. The van der Waals surface area contributed by atoms with Crippen LogP contribution in [-0.4, -0.2) is 17.6 Å². The van der Waals surface area contributed by atoms with Gasteiger partial charge in [-0.3, -0.25) is 4.79 Å². The van der Waals surface area contributed by atoms with Crippen molar-refractivity contribution in [2.45, 2.75) is 25.7 Å². The number of hydrogen-bond donors (Lipinski definition) is 2. The van der Waals surface area contributed by atoms with Crippen LogP contribution >= 0.6 is 0 Å². The maximum atomic E-state index is 11.0. The van der Waals surface area contributed by atoms with Gasteiger partial charge in [-0.25, -0.2) is 0 Å². The molecule has 88 valence electrons. The van der Waals surface area contributed by atoms with E-state index in [-0.39, 0.29) is 17.3 Å². The van der Waals surface area contributed by atoms with Crippen LogP contribution in [0.25, 0.3) is 0 Å². The fourth-order valence-electron chi connectivity index (χ4n) is 5.33. The molecule has 0 spiro atoms. The van der Waals surface area contributed by atoms with Crippen molar-refractivity contribution < 1.29 is 9.90 Å². The molecule has 16 heavy (non-hydrogen) atoms. The van der Waals surface area contributed by atoms with Crippen LogP contribution in [0.3, 0.4) is 0 Å². The highest BCUT2D eigenvalue weighted by Gasteiger charge is 2.75. The molecule has 0 unspecified atom stereocenters. The fourth-order valence-corrected chi connectivity index (χ4v) is 5.33. The highest BCUT2D eigenvalue weighted by atomic mass is 16.4.